The van der Waals surface area contributed by atoms with Crippen LogP contribution in [-0.4, -0.2) is 36.9 Å². The van der Waals surface area contributed by atoms with Gasteiger partial charge in [-0.3, -0.25) is 0 Å². The molecule has 0 aliphatic heterocycles. The number of rotatable bonds is 13. The second kappa shape index (κ2) is 14.1. The molecule has 0 aromatic heterocycles. The number of hydrogen-bond acceptors (Lipinski definition) is 6. The minimum absolute atomic E-state index is 0.0218. The van der Waals surface area contributed by atoms with Crippen LogP contribution >= 0.6 is 0 Å². The Hall–Kier alpha value is -4.16. The Labute approximate surface area is 230 Å². The van der Waals surface area contributed by atoms with Crippen LogP contribution in [0.1, 0.15) is 37.0 Å². The van der Waals surface area contributed by atoms with Gasteiger partial charge in [0, 0.05) is 28.9 Å². The van der Waals surface area contributed by atoms with Crippen LogP contribution in [0.2, 0.25) is 0 Å². The molecular formula is C33H36O6. The van der Waals surface area contributed by atoms with E-state index in [2.05, 4.69) is 13.2 Å². The highest BCUT2D eigenvalue weighted by Gasteiger charge is 2.18. The summed E-state index contributed by atoms with van der Waals surface area (Å²) in [4.78, 5) is 24.1. The predicted octanol–water partition coefficient (Wildman–Crippen LogP) is 6.37. The van der Waals surface area contributed by atoms with E-state index in [1.54, 1.807) is 13.8 Å². The van der Waals surface area contributed by atoms with Crippen LogP contribution in [0.3, 0.4) is 0 Å². The Bertz CT molecular complexity index is 1320. The maximum absolute atomic E-state index is 12.3. The second-order valence-corrected chi connectivity index (χ2v) is 9.52. The number of carbonyl (C=O) groups is 2. The third kappa shape index (κ3) is 8.42. The minimum atomic E-state index is -0.477. The zero-order chi connectivity index (χ0) is 28.4. The number of aliphatic hydroxyl groups excluding tert-OH is 1. The lowest BCUT2D eigenvalue weighted by atomic mass is 9.93. The summed E-state index contributed by atoms with van der Waals surface area (Å²) in [7, 11) is 0. The molecule has 0 fully saturated rings. The van der Waals surface area contributed by atoms with Crippen LogP contribution in [0.4, 0.5) is 0 Å². The first-order chi connectivity index (χ1) is 18.7. The lowest BCUT2D eigenvalue weighted by Crippen LogP contribution is -2.13. The molecule has 6 nitrogen and oxygen atoms in total. The largest absolute Gasteiger partial charge is 0.489 e. The van der Waals surface area contributed by atoms with E-state index in [-0.39, 0.29) is 26.4 Å². The van der Waals surface area contributed by atoms with Crippen molar-refractivity contribution in [1.29, 1.82) is 0 Å². The van der Waals surface area contributed by atoms with Crippen molar-refractivity contribution in [3.63, 3.8) is 0 Å². The van der Waals surface area contributed by atoms with Gasteiger partial charge in [-0.05, 0) is 68.0 Å². The molecule has 3 rings (SSSR count). The molecule has 0 aliphatic carbocycles. The van der Waals surface area contributed by atoms with E-state index >= 15 is 0 Å². The van der Waals surface area contributed by atoms with Crippen molar-refractivity contribution in [1.82, 2.24) is 0 Å². The molecule has 0 bridgehead atoms. The Kier molecular flexibility index (Phi) is 10.6. The molecule has 0 saturated carbocycles. The van der Waals surface area contributed by atoms with Gasteiger partial charge in [0.1, 0.15) is 25.6 Å². The van der Waals surface area contributed by atoms with Crippen molar-refractivity contribution >= 4 is 11.9 Å². The highest BCUT2D eigenvalue weighted by atomic mass is 16.6. The van der Waals surface area contributed by atoms with Gasteiger partial charge in [-0.2, -0.15) is 0 Å². The van der Waals surface area contributed by atoms with Gasteiger partial charge in [-0.25, -0.2) is 9.59 Å². The number of carbonyl (C=O) groups excluding carboxylic acids is 2. The standard InChI is InChI=1S/C33H36O6/c1-22(2)32(35)38-18-17-37-30-20-28(26-12-8-24(5)9-13-26)19-29(21-39-33(36)23(3)4)31(30)27-14-10-25(11-15-27)7-6-16-34/h8-15,19-20,34H,1,3,6-7,16-18,21H2,2,4-5H3. The zero-order valence-corrected chi connectivity index (χ0v) is 22.9. The number of ether oxygens (including phenoxy) is 3. The fraction of sp³-hybridized carbons (Fsp3) is 0.273. The van der Waals surface area contributed by atoms with Crippen LogP contribution in [0.15, 0.2) is 85.0 Å². The smallest absolute Gasteiger partial charge is 0.333 e. The van der Waals surface area contributed by atoms with Crippen molar-refractivity contribution in [3.05, 3.63) is 102 Å². The molecule has 1 N–H and O–H groups in total. The van der Waals surface area contributed by atoms with E-state index in [1.807, 2.05) is 67.6 Å². The Morgan fingerprint density at radius 1 is 0.795 bits per heavy atom. The van der Waals surface area contributed by atoms with Gasteiger partial charge in [-0.1, -0.05) is 67.3 Å². The van der Waals surface area contributed by atoms with E-state index < -0.39 is 11.9 Å². The monoisotopic (exact) mass is 528 g/mol. The molecule has 39 heavy (non-hydrogen) atoms. The van der Waals surface area contributed by atoms with Crippen molar-refractivity contribution < 1.29 is 28.9 Å². The SMILES string of the molecule is C=C(C)C(=O)OCCOc1cc(-c2ccc(C)cc2)cc(COC(=O)C(=C)C)c1-c1ccc(CCCO)cc1. The topological polar surface area (TPSA) is 82.1 Å². The Morgan fingerprint density at radius 2 is 1.41 bits per heavy atom. The normalized spacial score (nSPS) is 10.6. The summed E-state index contributed by atoms with van der Waals surface area (Å²) < 4.78 is 17.0. The summed E-state index contributed by atoms with van der Waals surface area (Å²) in [6, 6.07) is 20.1. The molecular weight excluding hydrogens is 492 g/mol. The van der Waals surface area contributed by atoms with Crippen LogP contribution < -0.4 is 4.74 Å². The Morgan fingerprint density at radius 3 is 2.03 bits per heavy atom. The first-order valence-electron chi connectivity index (χ1n) is 12.9. The maximum atomic E-state index is 12.3. The average molecular weight is 529 g/mol. The summed E-state index contributed by atoms with van der Waals surface area (Å²) in [6.45, 7) is 12.9. The molecule has 0 amide bonds. The summed E-state index contributed by atoms with van der Waals surface area (Å²) >= 11 is 0. The molecule has 6 heteroatoms. The first kappa shape index (κ1) is 29.4. The summed E-state index contributed by atoms with van der Waals surface area (Å²) in [6.07, 6.45) is 1.45. The summed E-state index contributed by atoms with van der Waals surface area (Å²) in [5.74, 6) is -0.378. The van der Waals surface area contributed by atoms with E-state index in [9.17, 15) is 14.7 Å². The lowest BCUT2D eigenvalue weighted by molar-refractivity contribution is -0.140. The third-order valence-corrected chi connectivity index (χ3v) is 6.06. The number of aliphatic hydroxyl groups is 1. The van der Waals surface area contributed by atoms with Crippen LogP contribution in [0, 0.1) is 6.92 Å². The van der Waals surface area contributed by atoms with E-state index in [0.717, 1.165) is 45.4 Å². The fourth-order valence-corrected chi connectivity index (χ4v) is 3.94. The molecule has 3 aromatic rings. The van der Waals surface area contributed by atoms with Crippen LogP contribution in [0.25, 0.3) is 22.3 Å². The highest BCUT2D eigenvalue weighted by molar-refractivity contribution is 5.87. The Balaban J connectivity index is 2.06. The van der Waals surface area contributed by atoms with Crippen LogP contribution in [0.5, 0.6) is 5.75 Å². The van der Waals surface area contributed by atoms with E-state index in [0.29, 0.717) is 23.3 Å². The molecule has 204 valence electrons. The van der Waals surface area contributed by atoms with Crippen molar-refractivity contribution in [2.45, 2.75) is 40.2 Å². The van der Waals surface area contributed by atoms with Crippen molar-refractivity contribution in [2.24, 2.45) is 0 Å². The zero-order valence-electron chi connectivity index (χ0n) is 22.9. The van der Waals surface area contributed by atoms with Crippen molar-refractivity contribution in [3.8, 4) is 28.0 Å². The van der Waals surface area contributed by atoms with E-state index in [4.69, 9.17) is 14.2 Å². The van der Waals surface area contributed by atoms with Gasteiger partial charge in [0.05, 0.1) is 0 Å². The van der Waals surface area contributed by atoms with Gasteiger partial charge in [0.15, 0.2) is 0 Å². The van der Waals surface area contributed by atoms with Crippen molar-refractivity contribution in [2.75, 3.05) is 19.8 Å². The molecule has 0 radical (unpaired) electrons. The number of hydrogen-bond donors (Lipinski definition) is 1. The lowest BCUT2D eigenvalue weighted by Gasteiger charge is -2.19. The summed E-state index contributed by atoms with van der Waals surface area (Å²) in [5.41, 5.74) is 7.19. The maximum Gasteiger partial charge on any atom is 0.333 e. The predicted molar refractivity (Wildman–Crippen MR) is 153 cm³/mol. The first-order valence-corrected chi connectivity index (χ1v) is 12.9. The van der Waals surface area contributed by atoms with Gasteiger partial charge in [0.2, 0.25) is 0 Å². The number of aryl methyl sites for hydroxylation is 2. The molecule has 0 unspecified atom stereocenters. The van der Waals surface area contributed by atoms with E-state index in [1.165, 1.54) is 0 Å². The molecule has 0 spiro atoms. The molecule has 0 heterocycles. The molecule has 0 saturated heterocycles. The number of esters is 2. The number of benzene rings is 3. The van der Waals surface area contributed by atoms with Gasteiger partial charge in [-0.15, -0.1) is 0 Å². The fourth-order valence-electron chi connectivity index (χ4n) is 3.94. The molecule has 0 aliphatic rings. The molecule has 0 atom stereocenters. The minimum Gasteiger partial charge on any atom is -0.489 e. The van der Waals surface area contributed by atoms with Crippen LogP contribution in [-0.2, 0) is 32.1 Å². The highest BCUT2D eigenvalue weighted by Crippen LogP contribution is 2.39. The average Bonchev–Trinajstić information content (AvgIpc) is 2.93. The van der Waals surface area contributed by atoms with Gasteiger partial charge >= 0.3 is 11.9 Å². The quantitative estimate of drug-likeness (QED) is 0.158. The second-order valence-electron chi connectivity index (χ2n) is 9.52. The summed E-state index contributed by atoms with van der Waals surface area (Å²) in [5, 5.41) is 9.18. The molecule has 3 aromatic carbocycles. The van der Waals surface area contributed by atoms with Gasteiger partial charge < -0.3 is 19.3 Å². The third-order valence-electron chi connectivity index (χ3n) is 6.06. The van der Waals surface area contributed by atoms with Gasteiger partial charge in [0.25, 0.3) is 0 Å².